The second kappa shape index (κ2) is 7.25. The molecule has 1 rings (SSSR count). The normalized spacial score (nSPS) is 22.3. The van der Waals surface area contributed by atoms with E-state index in [-0.39, 0.29) is 0 Å². The second-order valence-electron chi connectivity index (χ2n) is 4.86. The number of hydrogen-bond acceptors (Lipinski definition) is 3. The fourth-order valence-electron chi connectivity index (χ4n) is 2.34. The largest absolute Gasteiger partial charge is 0.379 e. The average Bonchev–Trinajstić information content (AvgIpc) is 2.35. The molecule has 2 unspecified atom stereocenters. The van der Waals surface area contributed by atoms with Crippen molar-refractivity contribution in [3.63, 3.8) is 0 Å². The van der Waals surface area contributed by atoms with Gasteiger partial charge in [-0.05, 0) is 26.7 Å². The van der Waals surface area contributed by atoms with Crippen LogP contribution in [0.2, 0.25) is 0 Å². The Labute approximate surface area is 101 Å². The van der Waals surface area contributed by atoms with Crippen LogP contribution in [0.15, 0.2) is 0 Å². The molecule has 16 heavy (non-hydrogen) atoms. The summed E-state index contributed by atoms with van der Waals surface area (Å²) in [5.74, 6) is 0. The van der Waals surface area contributed by atoms with Gasteiger partial charge in [0, 0.05) is 31.2 Å². The Balaban J connectivity index is 2.36. The van der Waals surface area contributed by atoms with Crippen LogP contribution >= 0.6 is 0 Å². The fraction of sp³-hybridized carbons (Fsp3) is 1.00. The van der Waals surface area contributed by atoms with Gasteiger partial charge >= 0.3 is 0 Å². The minimum absolute atomic E-state index is 0.558. The first kappa shape index (κ1) is 13.9. The first-order valence-electron chi connectivity index (χ1n) is 6.76. The van der Waals surface area contributed by atoms with Gasteiger partial charge in [-0.2, -0.15) is 0 Å². The van der Waals surface area contributed by atoms with Gasteiger partial charge in [-0.15, -0.1) is 0 Å². The topological polar surface area (TPSA) is 24.5 Å². The molecule has 3 nitrogen and oxygen atoms in total. The molecular weight excluding hydrogens is 200 g/mol. The predicted octanol–water partition coefficient (Wildman–Crippen LogP) is 1.87. The summed E-state index contributed by atoms with van der Waals surface area (Å²) in [6, 6.07) is 1.82. The lowest BCUT2D eigenvalue weighted by Gasteiger charge is -2.37. The molecule has 0 aromatic heterocycles. The van der Waals surface area contributed by atoms with Crippen LogP contribution in [0.3, 0.4) is 0 Å². The van der Waals surface area contributed by atoms with Crippen molar-refractivity contribution in [3.8, 4) is 0 Å². The monoisotopic (exact) mass is 228 g/mol. The summed E-state index contributed by atoms with van der Waals surface area (Å²) in [5, 5.41) is 3.73. The molecule has 1 aliphatic rings. The van der Waals surface area contributed by atoms with Gasteiger partial charge < -0.3 is 10.1 Å². The van der Waals surface area contributed by atoms with E-state index in [1.807, 2.05) is 0 Å². The number of nitrogens with zero attached hydrogens (tertiary/aromatic N) is 1. The molecule has 1 N–H and O–H groups in total. The quantitative estimate of drug-likeness (QED) is 0.751. The summed E-state index contributed by atoms with van der Waals surface area (Å²) in [6.07, 6.45) is 2.44. The highest BCUT2D eigenvalue weighted by molar-refractivity contribution is 4.81. The van der Waals surface area contributed by atoms with Crippen LogP contribution < -0.4 is 5.32 Å². The summed E-state index contributed by atoms with van der Waals surface area (Å²) >= 11 is 0. The summed E-state index contributed by atoms with van der Waals surface area (Å²) in [6.45, 7) is 13.1. The van der Waals surface area contributed by atoms with Crippen LogP contribution in [0, 0.1) is 0 Å². The van der Waals surface area contributed by atoms with Gasteiger partial charge in [0.1, 0.15) is 0 Å². The smallest absolute Gasteiger partial charge is 0.0594 e. The van der Waals surface area contributed by atoms with Crippen molar-refractivity contribution in [2.75, 3.05) is 26.3 Å². The molecule has 0 amide bonds. The zero-order chi connectivity index (χ0) is 12.0. The van der Waals surface area contributed by atoms with Crippen LogP contribution in [0.5, 0.6) is 0 Å². The van der Waals surface area contributed by atoms with Crippen LogP contribution in [0.4, 0.5) is 0 Å². The van der Waals surface area contributed by atoms with Gasteiger partial charge in [0.2, 0.25) is 0 Å². The summed E-state index contributed by atoms with van der Waals surface area (Å²) in [7, 11) is 0. The van der Waals surface area contributed by atoms with E-state index in [9.17, 15) is 0 Å². The zero-order valence-electron chi connectivity index (χ0n) is 11.3. The van der Waals surface area contributed by atoms with Crippen LogP contribution in [-0.2, 0) is 4.74 Å². The van der Waals surface area contributed by atoms with E-state index in [1.54, 1.807) is 0 Å². The Morgan fingerprint density at radius 1 is 1.12 bits per heavy atom. The highest BCUT2D eigenvalue weighted by atomic mass is 16.5. The van der Waals surface area contributed by atoms with Gasteiger partial charge in [0.25, 0.3) is 0 Å². The van der Waals surface area contributed by atoms with Crippen molar-refractivity contribution in [2.45, 2.75) is 58.7 Å². The Morgan fingerprint density at radius 2 is 1.69 bits per heavy atom. The molecule has 0 radical (unpaired) electrons. The van der Waals surface area contributed by atoms with E-state index >= 15 is 0 Å². The third kappa shape index (κ3) is 4.04. The summed E-state index contributed by atoms with van der Waals surface area (Å²) in [5.41, 5.74) is 0. The summed E-state index contributed by atoms with van der Waals surface area (Å²) in [4.78, 5) is 2.53. The maximum absolute atomic E-state index is 5.39. The SMILES string of the molecule is CCC(CC)NC(C)C(C)N1CCOCC1. The molecule has 0 aromatic rings. The molecule has 0 aliphatic carbocycles. The maximum atomic E-state index is 5.39. The molecule has 0 spiro atoms. The molecule has 3 heteroatoms. The highest BCUT2D eigenvalue weighted by Gasteiger charge is 2.22. The minimum atomic E-state index is 0.558. The predicted molar refractivity (Wildman–Crippen MR) is 68.8 cm³/mol. The number of nitrogens with one attached hydrogen (secondary N) is 1. The molecule has 1 heterocycles. The fourth-order valence-corrected chi connectivity index (χ4v) is 2.34. The van der Waals surface area contributed by atoms with E-state index < -0.39 is 0 Å². The molecular formula is C13H28N2O. The Morgan fingerprint density at radius 3 is 2.19 bits per heavy atom. The average molecular weight is 228 g/mol. The van der Waals surface area contributed by atoms with E-state index in [2.05, 4.69) is 37.9 Å². The number of morpholine rings is 1. The standard InChI is InChI=1S/C13H28N2O/c1-5-13(6-2)14-11(3)12(4)15-7-9-16-10-8-15/h11-14H,5-10H2,1-4H3. The van der Waals surface area contributed by atoms with Crippen LogP contribution in [0.25, 0.3) is 0 Å². The molecule has 0 bridgehead atoms. The lowest BCUT2D eigenvalue weighted by Crippen LogP contribution is -2.52. The van der Waals surface area contributed by atoms with E-state index in [0.29, 0.717) is 18.1 Å². The van der Waals surface area contributed by atoms with Gasteiger partial charge in [0.05, 0.1) is 13.2 Å². The van der Waals surface area contributed by atoms with Gasteiger partial charge in [-0.3, -0.25) is 4.90 Å². The number of hydrogen-bond donors (Lipinski definition) is 1. The van der Waals surface area contributed by atoms with Crippen LogP contribution in [0.1, 0.15) is 40.5 Å². The third-order valence-corrected chi connectivity index (χ3v) is 3.83. The molecule has 0 saturated carbocycles. The molecule has 1 saturated heterocycles. The lowest BCUT2D eigenvalue weighted by molar-refractivity contribution is 0.0127. The number of ether oxygens (including phenoxy) is 1. The van der Waals surface area contributed by atoms with Crippen molar-refractivity contribution in [1.29, 1.82) is 0 Å². The molecule has 0 aromatic carbocycles. The van der Waals surface area contributed by atoms with Gasteiger partial charge in [-0.1, -0.05) is 13.8 Å². The molecule has 2 atom stereocenters. The van der Waals surface area contributed by atoms with Crippen molar-refractivity contribution in [3.05, 3.63) is 0 Å². The van der Waals surface area contributed by atoms with Gasteiger partial charge in [-0.25, -0.2) is 0 Å². The van der Waals surface area contributed by atoms with E-state index in [0.717, 1.165) is 26.3 Å². The molecule has 1 aliphatic heterocycles. The highest BCUT2D eigenvalue weighted by Crippen LogP contribution is 2.09. The maximum Gasteiger partial charge on any atom is 0.0594 e. The van der Waals surface area contributed by atoms with E-state index in [4.69, 9.17) is 4.74 Å². The number of rotatable bonds is 6. The molecule has 1 fully saturated rings. The first-order valence-corrected chi connectivity index (χ1v) is 6.76. The molecule has 96 valence electrons. The zero-order valence-corrected chi connectivity index (χ0v) is 11.3. The van der Waals surface area contributed by atoms with Crippen LogP contribution in [-0.4, -0.2) is 49.3 Å². The van der Waals surface area contributed by atoms with Crippen molar-refractivity contribution in [2.24, 2.45) is 0 Å². The first-order chi connectivity index (χ1) is 7.69. The van der Waals surface area contributed by atoms with Crippen molar-refractivity contribution < 1.29 is 4.74 Å². The Bertz CT molecular complexity index is 177. The third-order valence-electron chi connectivity index (χ3n) is 3.83. The summed E-state index contributed by atoms with van der Waals surface area (Å²) < 4.78 is 5.39. The lowest BCUT2D eigenvalue weighted by atomic mass is 10.1. The van der Waals surface area contributed by atoms with Gasteiger partial charge in [0.15, 0.2) is 0 Å². The van der Waals surface area contributed by atoms with Crippen molar-refractivity contribution >= 4 is 0 Å². The van der Waals surface area contributed by atoms with E-state index in [1.165, 1.54) is 12.8 Å². The minimum Gasteiger partial charge on any atom is -0.379 e. The second-order valence-corrected chi connectivity index (χ2v) is 4.86. The Kier molecular flexibility index (Phi) is 6.32. The Hall–Kier alpha value is -0.120. The van der Waals surface area contributed by atoms with Crippen molar-refractivity contribution in [1.82, 2.24) is 10.2 Å².